The summed E-state index contributed by atoms with van der Waals surface area (Å²) in [5.74, 6) is 0.451. The molecule has 0 aromatic heterocycles. The summed E-state index contributed by atoms with van der Waals surface area (Å²) in [7, 11) is 0. The first kappa shape index (κ1) is 22.0. The highest BCUT2D eigenvalue weighted by atomic mass is 32.2. The monoisotopic (exact) mass is 473 g/mol. The van der Waals surface area contributed by atoms with E-state index in [9.17, 15) is 14.4 Å². The van der Waals surface area contributed by atoms with E-state index in [4.69, 9.17) is 4.74 Å². The van der Waals surface area contributed by atoms with Crippen LogP contribution in [0.3, 0.4) is 0 Å². The fourth-order valence-corrected chi connectivity index (χ4v) is 5.24. The van der Waals surface area contributed by atoms with Gasteiger partial charge in [-0.25, -0.2) is 4.79 Å². The Bertz CT molecular complexity index is 1250. The third-order valence-electron chi connectivity index (χ3n) is 5.96. The molecule has 1 atom stereocenters. The molecule has 0 unspecified atom stereocenters. The number of thioether (sulfide) groups is 1. The maximum Gasteiger partial charge on any atom is 0.325 e. The first-order chi connectivity index (χ1) is 16.6. The van der Waals surface area contributed by atoms with E-state index in [0.29, 0.717) is 30.0 Å². The van der Waals surface area contributed by atoms with Gasteiger partial charge in [-0.3, -0.25) is 14.5 Å². The Morgan fingerprint density at radius 1 is 1.00 bits per heavy atom. The van der Waals surface area contributed by atoms with Crippen LogP contribution in [0.15, 0.2) is 83.8 Å². The minimum atomic E-state index is -1.20. The lowest BCUT2D eigenvalue weighted by molar-refractivity contribution is -0.135. The third-order valence-corrected chi connectivity index (χ3v) is 7.10. The largest absolute Gasteiger partial charge is 0.493 e. The molecule has 1 fully saturated rings. The van der Waals surface area contributed by atoms with Crippen LogP contribution in [0.2, 0.25) is 0 Å². The average molecular weight is 474 g/mol. The van der Waals surface area contributed by atoms with Crippen molar-refractivity contribution < 1.29 is 19.1 Å². The molecule has 0 saturated carbocycles. The van der Waals surface area contributed by atoms with E-state index >= 15 is 0 Å². The predicted octanol–water partition coefficient (Wildman–Crippen LogP) is 4.15. The number of hydrogen-bond donors (Lipinski definition) is 2. The van der Waals surface area contributed by atoms with Gasteiger partial charge >= 0.3 is 6.03 Å². The van der Waals surface area contributed by atoms with Crippen LogP contribution in [0.1, 0.15) is 17.5 Å². The van der Waals surface area contributed by atoms with Crippen molar-refractivity contribution in [1.82, 2.24) is 10.2 Å². The average Bonchev–Trinajstić information content (AvgIpc) is 3.09. The Morgan fingerprint density at radius 3 is 2.59 bits per heavy atom. The second-order valence-electron chi connectivity index (χ2n) is 8.14. The lowest BCUT2D eigenvalue weighted by Crippen LogP contribution is -2.48. The van der Waals surface area contributed by atoms with Crippen LogP contribution in [-0.4, -0.2) is 35.9 Å². The number of nitrogens with one attached hydrogen (secondary N) is 2. The molecule has 8 heteroatoms. The number of fused-ring (bicyclic) bond motifs is 2. The minimum absolute atomic E-state index is 0.301. The van der Waals surface area contributed by atoms with Gasteiger partial charge in [0.1, 0.15) is 12.3 Å². The van der Waals surface area contributed by atoms with Crippen molar-refractivity contribution in [3.63, 3.8) is 0 Å². The highest BCUT2D eigenvalue weighted by Crippen LogP contribution is 2.41. The van der Waals surface area contributed by atoms with Gasteiger partial charge in [-0.15, -0.1) is 11.8 Å². The summed E-state index contributed by atoms with van der Waals surface area (Å²) in [4.78, 5) is 40.9. The third kappa shape index (κ3) is 4.12. The van der Waals surface area contributed by atoms with Crippen molar-refractivity contribution in [2.75, 3.05) is 18.5 Å². The lowest BCUT2D eigenvalue weighted by atomic mass is 9.84. The van der Waals surface area contributed by atoms with E-state index < -0.39 is 23.4 Å². The standard InChI is InChI=1S/C26H23N3O4S/c30-23(27-20-11-5-7-13-22(20)34-17-18-8-2-1-3-9-18)16-29-24(31)26(28-25(29)32)14-15-33-21-12-6-4-10-19(21)26/h1-13H,14-17H2,(H,27,30)(H,28,32)/t26-/m1/s1. The van der Waals surface area contributed by atoms with Gasteiger partial charge in [0.25, 0.3) is 5.91 Å². The topological polar surface area (TPSA) is 87.7 Å². The molecule has 2 aliphatic heterocycles. The normalized spacial score (nSPS) is 18.9. The van der Waals surface area contributed by atoms with Crippen LogP contribution < -0.4 is 15.4 Å². The number of anilines is 1. The Balaban J connectivity index is 1.29. The van der Waals surface area contributed by atoms with E-state index in [-0.39, 0.29) is 6.54 Å². The number of amides is 4. The molecule has 4 amide bonds. The van der Waals surface area contributed by atoms with Crippen molar-refractivity contribution in [3.8, 4) is 5.75 Å². The summed E-state index contributed by atoms with van der Waals surface area (Å²) < 4.78 is 5.65. The van der Waals surface area contributed by atoms with Crippen molar-refractivity contribution >= 4 is 35.3 Å². The zero-order chi connectivity index (χ0) is 23.5. The molecule has 3 aromatic rings. The summed E-state index contributed by atoms with van der Waals surface area (Å²) in [6, 6.07) is 24.1. The smallest absolute Gasteiger partial charge is 0.325 e. The van der Waals surface area contributed by atoms with E-state index in [1.165, 1.54) is 5.56 Å². The first-order valence-corrected chi connectivity index (χ1v) is 12.0. The zero-order valence-corrected chi connectivity index (χ0v) is 19.1. The summed E-state index contributed by atoms with van der Waals surface area (Å²) >= 11 is 1.61. The fourth-order valence-electron chi connectivity index (χ4n) is 4.28. The van der Waals surface area contributed by atoms with Gasteiger partial charge in [0, 0.05) is 22.6 Å². The maximum absolute atomic E-state index is 13.4. The Kier molecular flexibility index (Phi) is 5.98. The highest BCUT2D eigenvalue weighted by molar-refractivity contribution is 7.98. The first-order valence-electron chi connectivity index (χ1n) is 11.0. The summed E-state index contributed by atoms with van der Waals surface area (Å²) in [5, 5.41) is 5.68. The molecule has 2 heterocycles. The van der Waals surface area contributed by atoms with Gasteiger partial charge in [0.15, 0.2) is 5.54 Å². The van der Waals surface area contributed by atoms with E-state index in [1.807, 2.05) is 48.5 Å². The Hall–Kier alpha value is -3.78. The van der Waals surface area contributed by atoms with Crippen molar-refractivity contribution in [1.29, 1.82) is 0 Å². The fraction of sp³-hybridized carbons (Fsp3) is 0.192. The number of carbonyl (C=O) groups is 3. The van der Waals surface area contributed by atoms with Gasteiger partial charge < -0.3 is 15.4 Å². The molecular weight excluding hydrogens is 450 g/mol. The maximum atomic E-state index is 13.4. The molecular formula is C26H23N3O4S. The number of imide groups is 1. The second kappa shape index (κ2) is 9.23. The number of benzene rings is 3. The van der Waals surface area contributed by atoms with Crippen LogP contribution in [-0.2, 0) is 20.9 Å². The molecule has 0 radical (unpaired) electrons. The van der Waals surface area contributed by atoms with Crippen LogP contribution >= 0.6 is 11.8 Å². The molecule has 172 valence electrons. The molecule has 0 bridgehead atoms. The zero-order valence-electron chi connectivity index (χ0n) is 18.3. The summed E-state index contributed by atoms with van der Waals surface area (Å²) in [6.45, 7) is -0.0673. The number of carbonyl (C=O) groups excluding carboxylic acids is 3. The molecule has 34 heavy (non-hydrogen) atoms. The number of nitrogens with zero attached hydrogens (tertiary/aromatic N) is 1. The van der Waals surface area contributed by atoms with E-state index in [0.717, 1.165) is 15.5 Å². The number of para-hydroxylation sites is 2. The minimum Gasteiger partial charge on any atom is -0.493 e. The van der Waals surface area contributed by atoms with Gasteiger partial charge in [-0.1, -0.05) is 60.7 Å². The molecule has 3 aromatic carbocycles. The summed E-state index contributed by atoms with van der Waals surface area (Å²) in [5.41, 5.74) is 1.24. The molecule has 1 saturated heterocycles. The van der Waals surface area contributed by atoms with Crippen LogP contribution in [0.25, 0.3) is 0 Å². The molecule has 1 spiro atoms. The summed E-state index contributed by atoms with van der Waals surface area (Å²) in [6.07, 6.45) is 0.311. The molecule has 2 N–H and O–H groups in total. The SMILES string of the molecule is O=C(CN1C(=O)N[C@@]2(CCOc3ccccc32)C1=O)Nc1ccccc1SCc1ccccc1. The number of ether oxygens (including phenoxy) is 1. The molecule has 2 aliphatic rings. The number of rotatable bonds is 6. The van der Waals surface area contributed by atoms with E-state index in [2.05, 4.69) is 22.8 Å². The Morgan fingerprint density at radius 2 is 1.74 bits per heavy atom. The number of urea groups is 1. The Labute approximate surface area is 201 Å². The second-order valence-corrected chi connectivity index (χ2v) is 9.16. The van der Waals surface area contributed by atoms with Crippen LogP contribution in [0.4, 0.5) is 10.5 Å². The van der Waals surface area contributed by atoms with Crippen LogP contribution in [0.5, 0.6) is 5.75 Å². The molecule has 5 rings (SSSR count). The van der Waals surface area contributed by atoms with Gasteiger partial charge in [-0.2, -0.15) is 0 Å². The predicted molar refractivity (Wildman–Crippen MR) is 130 cm³/mol. The van der Waals surface area contributed by atoms with Crippen molar-refractivity contribution in [2.45, 2.75) is 22.6 Å². The van der Waals surface area contributed by atoms with Crippen LogP contribution in [0, 0.1) is 0 Å². The molecule has 7 nitrogen and oxygen atoms in total. The quantitative estimate of drug-likeness (QED) is 0.415. The van der Waals surface area contributed by atoms with Gasteiger partial charge in [0.2, 0.25) is 5.91 Å². The van der Waals surface area contributed by atoms with Crippen molar-refractivity contribution in [2.24, 2.45) is 0 Å². The highest BCUT2D eigenvalue weighted by Gasteiger charge is 2.55. The number of hydrogen-bond acceptors (Lipinski definition) is 5. The lowest BCUT2D eigenvalue weighted by Gasteiger charge is -2.33. The van der Waals surface area contributed by atoms with Gasteiger partial charge in [0.05, 0.1) is 12.3 Å². The molecule has 0 aliphatic carbocycles. The van der Waals surface area contributed by atoms with Gasteiger partial charge in [-0.05, 0) is 23.8 Å². The van der Waals surface area contributed by atoms with E-state index in [1.54, 1.807) is 30.0 Å². The van der Waals surface area contributed by atoms with Crippen molar-refractivity contribution in [3.05, 3.63) is 90.0 Å².